The van der Waals surface area contributed by atoms with E-state index in [9.17, 15) is 9.50 Å². The fraction of sp³-hybridized carbons (Fsp3) is 0.105. The summed E-state index contributed by atoms with van der Waals surface area (Å²) in [5, 5.41) is 22.3. The van der Waals surface area contributed by atoms with E-state index in [-0.39, 0.29) is 5.75 Å². The molecular weight excluding hydrogens is 349 g/mol. The lowest BCUT2D eigenvalue weighted by Gasteiger charge is -2.06. The highest BCUT2D eigenvalue weighted by molar-refractivity contribution is 5.65. The van der Waals surface area contributed by atoms with E-state index in [1.807, 2.05) is 43.6 Å². The molecule has 0 aliphatic heterocycles. The van der Waals surface area contributed by atoms with Crippen LogP contribution in [0.1, 0.15) is 0 Å². The van der Waals surface area contributed by atoms with Gasteiger partial charge in [0.2, 0.25) is 0 Å². The molecular formula is C19H16FN5O2. The van der Waals surface area contributed by atoms with Crippen LogP contribution in [0, 0.1) is 5.82 Å². The maximum absolute atomic E-state index is 13.9. The van der Waals surface area contributed by atoms with E-state index < -0.39 is 11.6 Å². The lowest BCUT2D eigenvalue weighted by molar-refractivity contribution is 0.357. The van der Waals surface area contributed by atoms with Gasteiger partial charge in [-0.15, -0.1) is 5.10 Å². The summed E-state index contributed by atoms with van der Waals surface area (Å²) in [4.78, 5) is 0. The zero-order valence-corrected chi connectivity index (χ0v) is 14.7. The lowest BCUT2D eigenvalue weighted by Crippen LogP contribution is -1.95. The molecule has 0 saturated heterocycles. The van der Waals surface area contributed by atoms with Crippen molar-refractivity contribution in [2.75, 3.05) is 7.11 Å². The minimum absolute atomic E-state index is 0.0386. The first-order chi connectivity index (χ1) is 13.0. The highest BCUT2D eigenvalue weighted by atomic mass is 19.1. The predicted octanol–water partition coefficient (Wildman–Crippen LogP) is 3.19. The first-order valence-corrected chi connectivity index (χ1v) is 8.15. The van der Waals surface area contributed by atoms with Crippen LogP contribution >= 0.6 is 0 Å². The number of hydrogen-bond donors (Lipinski definition) is 1. The molecule has 4 aromatic rings. The van der Waals surface area contributed by atoms with Gasteiger partial charge in [0.25, 0.3) is 0 Å². The Bertz CT molecular complexity index is 1120. The van der Waals surface area contributed by atoms with Crippen molar-refractivity contribution >= 4 is 0 Å². The number of phenols is 1. The molecule has 4 rings (SSSR count). The maximum atomic E-state index is 13.9. The molecule has 2 aromatic heterocycles. The highest BCUT2D eigenvalue weighted by Crippen LogP contribution is 2.33. The van der Waals surface area contributed by atoms with Crippen LogP contribution in [0.5, 0.6) is 11.5 Å². The summed E-state index contributed by atoms with van der Waals surface area (Å²) in [5.74, 6) is -1.27. The van der Waals surface area contributed by atoms with Gasteiger partial charge in [-0.1, -0.05) is 17.3 Å². The van der Waals surface area contributed by atoms with Crippen molar-refractivity contribution in [2.24, 2.45) is 7.05 Å². The third-order valence-corrected chi connectivity index (χ3v) is 4.16. The van der Waals surface area contributed by atoms with Gasteiger partial charge >= 0.3 is 0 Å². The zero-order chi connectivity index (χ0) is 19.0. The van der Waals surface area contributed by atoms with Gasteiger partial charge in [-0.05, 0) is 30.3 Å². The number of aryl methyl sites for hydroxylation is 1. The SMILES string of the molecule is COc1cc(-c2cn(-c3cccc(-c4ccn(C)n4)c3)nn2)cc(F)c1O. The minimum Gasteiger partial charge on any atom is -0.502 e. The quantitative estimate of drug-likeness (QED) is 0.601. The third kappa shape index (κ3) is 3.12. The van der Waals surface area contributed by atoms with E-state index in [1.54, 1.807) is 15.6 Å². The number of hydrogen-bond acceptors (Lipinski definition) is 5. The molecule has 27 heavy (non-hydrogen) atoms. The van der Waals surface area contributed by atoms with E-state index in [1.165, 1.54) is 19.2 Å². The van der Waals surface area contributed by atoms with Gasteiger partial charge in [-0.3, -0.25) is 4.68 Å². The summed E-state index contributed by atoms with van der Waals surface area (Å²) in [6.07, 6.45) is 3.56. The van der Waals surface area contributed by atoms with E-state index in [0.717, 1.165) is 16.9 Å². The molecule has 0 radical (unpaired) electrons. The minimum atomic E-state index is -0.781. The molecule has 0 aliphatic rings. The van der Waals surface area contributed by atoms with E-state index in [4.69, 9.17) is 4.74 Å². The molecule has 1 N–H and O–H groups in total. The number of aromatic hydroxyl groups is 1. The fourth-order valence-corrected chi connectivity index (χ4v) is 2.78. The first kappa shape index (κ1) is 16.8. The molecule has 0 saturated carbocycles. The first-order valence-electron chi connectivity index (χ1n) is 8.15. The smallest absolute Gasteiger partial charge is 0.194 e. The average Bonchev–Trinajstić information content (AvgIpc) is 3.33. The van der Waals surface area contributed by atoms with Gasteiger partial charge in [-0.25, -0.2) is 9.07 Å². The summed E-state index contributed by atoms with van der Waals surface area (Å²) in [5.41, 5.74) is 3.50. The Balaban J connectivity index is 1.70. The average molecular weight is 365 g/mol. The van der Waals surface area contributed by atoms with Gasteiger partial charge in [-0.2, -0.15) is 5.10 Å². The lowest BCUT2D eigenvalue weighted by atomic mass is 10.1. The Morgan fingerprint density at radius 3 is 2.67 bits per heavy atom. The second-order valence-corrected chi connectivity index (χ2v) is 5.98. The maximum Gasteiger partial charge on any atom is 0.194 e. The van der Waals surface area contributed by atoms with Gasteiger partial charge in [0.05, 0.1) is 24.7 Å². The van der Waals surface area contributed by atoms with Crippen LogP contribution in [-0.4, -0.2) is 37.0 Å². The molecule has 0 fully saturated rings. The van der Waals surface area contributed by atoms with Crippen LogP contribution in [0.4, 0.5) is 4.39 Å². The monoisotopic (exact) mass is 365 g/mol. The number of methoxy groups -OCH3 is 1. The van der Waals surface area contributed by atoms with E-state index in [2.05, 4.69) is 15.4 Å². The van der Waals surface area contributed by atoms with Crippen molar-refractivity contribution in [3.63, 3.8) is 0 Å². The van der Waals surface area contributed by atoms with Crippen LogP contribution in [0.2, 0.25) is 0 Å². The Labute approximate surface area is 154 Å². The van der Waals surface area contributed by atoms with Crippen molar-refractivity contribution in [3.8, 4) is 39.7 Å². The van der Waals surface area contributed by atoms with E-state index in [0.29, 0.717) is 11.3 Å². The van der Waals surface area contributed by atoms with Crippen LogP contribution in [0.15, 0.2) is 54.9 Å². The Morgan fingerprint density at radius 2 is 1.93 bits per heavy atom. The summed E-state index contributed by atoms with van der Waals surface area (Å²) < 4.78 is 22.2. The van der Waals surface area contributed by atoms with Crippen LogP contribution < -0.4 is 4.74 Å². The van der Waals surface area contributed by atoms with Gasteiger partial charge in [0.1, 0.15) is 5.69 Å². The molecule has 0 unspecified atom stereocenters. The number of aromatic nitrogens is 5. The summed E-state index contributed by atoms with van der Waals surface area (Å²) in [6, 6.07) is 12.3. The van der Waals surface area contributed by atoms with Gasteiger partial charge in [0.15, 0.2) is 17.3 Å². The van der Waals surface area contributed by atoms with Crippen molar-refractivity contribution in [1.82, 2.24) is 24.8 Å². The number of halogens is 1. The second-order valence-electron chi connectivity index (χ2n) is 5.98. The molecule has 0 spiro atoms. The number of phenolic OH excluding ortho intramolecular Hbond substituents is 1. The molecule has 2 heterocycles. The molecule has 0 atom stereocenters. The Kier molecular flexibility index (Phi) is 4.08. The number of ether oxygens (including phenoxy) is 1. The number of nitrogens with zero attached hydrogens (tertiary/aromatic N) is 5. The molecule has 7 nitrogen and oxygen atoms in total. The summed E-state index contributed by atoms with van der Waals surface area (Å²) >= 11 is 0. The molecule has 0 amide bonds. The summed E-state index contributed by atoms with van der Waals surface area (Å²) in [6.45, 7) is 0. The normalized spacial score (nSPS) is 10.9. The van der Waals surface area contributed by atoms with E-state index >= 15 is 0 Å². The van der Waals surface area contributed by atoms with Crippen molar-refractivity contribution in [2.45, 2.75) is 0 Å². The molecule has 0 bridgehead atoms. The van der Waals surface area contributed by atoms with Crippen molar-refractivity contribution in [1.29, 1.82) is 0 Å². The standard InChI is InChI=1S/C19H16FN5O2/c1-24-7-6-16(22-24)12-4-3-5-14(8-12)25-11-17(21-23-25)13-9-15(20)19(26)18(10-13)27-2/h3-11,26H,1-2H3. The van der Waals surface area contributed by atoms with Crippen molar-refractivity contribution in [3.05, 3.63) is 60.7 Å². The van der Waals surface area contributed by atoms with Crippen LogP contribution in [-0.2, 0) is 7.05 Å². The van der Waals surface area contributed by atoms with Crippen molar-refractivity contribution < 1.29 is 14.2 Å². The molecule has 8 heteroatoms. The number of rotatable bonds is 4. The zero-order valence-electron chi connectivity index (χ0n) is 14.7. The fourth-order valence-electron chi connectivity index (χ4n) is 2.78. The molecule has 0 aliphatic carbocycles. The second kappa shape index (κ2) is 6.56. The topological polar surface area (TPSA) is 78.0 Å². The molecule has 2 aromatic carbocycles. The Hall–Kier alpha value is -3.68. The van der Waals surface area contributed by atoms with Crippen LogP contribution in [0.25, 0.3) is 28.2 Å². The third-order valence-electron chi connectivity index (χ3n) is 4.16. The van der Waals surface area contributed by atoms with Gasteiger partial charge in [0, 0.05) is 24.4 Å². The number of benzene rings is 2. The summed E-state index contributed by atoms with van der Waals surface area (Å²) in [7, 11) is 3.22. The molecule has 136 valence electrons. The van der Waals surface area contributed by atoms with Crippen LogP contribution in [0.3, 0.4) is 0 Å². The van der Waals surface area contributed by atoms with Gasteiger partial charge < -0.3 is 9.84 Å². The largest absolute Gasteiger partial charge is 0.502 e. The predicted molar refractivity (Wildman–Crippen MR) is 97.2 cm³/mol. The highest BCUT2D eigenvalue weighted by Gasteiger charge is 2.14. The Morgan fingerprint density at radius 1 is 1.07 bits per heavy atom.